The fraction of sp³-hybridized carbons (Fsp3) is 0. The van der Waals surface area contributed by atoms with E-state index >= 15 is 0 Å². The maximum Gasteiger partial charge on any atom is 0.218 e. The van der Waals surface area contributed by atoms with Crippen LogP contribution in [0.3, 0.4) is 0 Å². The minimum absolute atomic E-state index is 0.543. The van der Waals surface area contributed by atoms with Crippen LogP contribution in [0.1, 0.15) is 0 Å². The predicted molar refractivity (Wildman–Crippen MR) is 72.2 cm³/mol. The molecule has 0 unspecified atom stereocenters. The highest BCUT2D eigenvalue weighted by atomic mass is 79.9. The maximum atomic E-state index is 4.21. The van der Waals surface area contributed by atoms with E-state index in [9.17, 15) is 0 Å². The number of halogens is 4. The average molecular weight is 461 g/mol. The van der Waals surface area contributed by atoms with Gasteiger partial charge in [0.05, 0.1) is 5.69 Å². The van der Waals surface area contributed by atoms with Crippen molar-refractivity contribution in [2.45, 2.75) is 0 Å². The molecule has 0 aliphatic heterocycles. The van der Waals surface area contributed by atoms with E-state index < -0.39 is 0 Å². The average Bonchev–Trinajstić information content (AvgIpc) is 2.50. The molecule has 0 N–H and O–H groups in total. The molecule has 0 aliphatic rings. The monoisotopic (exact) mass is 457 g/mol. The summed E-state index contributed by atoms with van der Waals surface area (Å²) in [5.41, 5.74) is 0.912. The van der Waals surface area contributed by atoms with E-state index in [1.54, 1.807) is 4.68 Å². The molecule has 0 aliphatic carbocycles. The second kappa shape index (κ2) is 4.65. The molecule has 15 heavy (non-hydrogen) atoms. The van der Waals surface area contributed by atoms with E-state index in [-0.39, 0.29) is 0 Å². The lowest BCUT2D eigenvalue weighted by atomic mass is 10.3. The summed E-state index contributed by atoms with van der Waals surface area (Å²) in [6.45, 7) is 0. The zero-order valence-corrected chi connectivity index (χ0v) is 13.4. The first-order valence-corrected chi connectivity index (χ1v) is 6.98. The molecule has 7 heteroatoms. The first-order valence-electron chi connectivity index (χ1n) is 3.81. The Morgan fingerprint density at radius 3 is 2.40 bits per heavy atom. The van der Waals surface area contributed by atoms with Gasteiger partial charge in [0.15, 0.2) is 0 Å². The highest BCUT2D eigenvalue weighted by Crippen LogP contribution is 2.27. The lowest BCUT2D eigenvalue weighted by Gasteiger charge is -2.05. The standard InChI is InChI=1S/C8H3Br4N3/c9-4-1-2-5(10)6(3-4)15-8(12)13-7(11)14-15/h1-3H. The van der Waals surface area contributed by atoms with Gasteiger partial charge in [-0.25, -0.2) is 4.68 Å². The molecule has 2 aromatic rings. The number of benzene rings is 1. The molecule has 1 heterocycles. The van der Waals surface area contributed by atoms with Crippen LogP contribution in [0.2, 0.25) is 0 Å². The van der Waals surface area contributed by atoms with Crippen LogP contribution in [0.15, 0.2) is 36.6 Å². The van der Waals surface area contributed by atoms with E-state index in [0.717, 1.165) is 14.6 Å². The molecule has 0 atom stereocenters. The normalized spacial score (nSPS) is 10.7. The fourth-order valence-electron chi connectivity index (χ4n) is 1.07. The topological polar surface area (TPSA) is 30.7 Å². The van der Waals surface area contributed by atoms with Crippen molar-refractivity contribution < 1.29 is 0 Å². The molecule has 78 valence electrons. The molecular weight excluding hydrogens is 458 g/mol. The van der Waals surface area contributed by atoms with Crippen LogP contribution in [-0.2, 0) is 0 Å². The van der Waals surface area contributed by atoms with E-state index in [2.05, 4.69) is 73.8 Å². The largest absolute Gasteiger partial charge is 0.218 e. The molecule has 1 aromatic heterocycles. The molecule has 0 radical (unpaired) electrons. The van der Waals surface area contributed by atoms with Crippen molar-refractivity contribution in [1.82, 2.24) is 14.8 Å². The van der Waals surface area contributed by atoms with Crippen LogP contribution in [0.5, 0.6) is 0 Å². The third kappa shape index (κ3) is 2.51. The molecule has 3 nitrogen and oxygen atoms in total. The van der Waals surface area contributed by atoms with Crippen LogP contribution in [0.25, 0.3) is 5.69 Å². The Morgan fingerprint density at radius 2 is 1.80 bits per heavy atom. The lowest BCUT2D eigenvalue weighted by Crippen LogP contribution is -1.97. The minimum atomic E-state index is 0.543. The van der Waals surface area contributed by atoms with E-state index in [1.807, 2.05) is 18.2 Å². The Kier molecular flexibility index (Phi) is 3.64. The van der Waals surface area contributed by atoms with Crippen LogP contribution < -0.4 is 0 Å². The molecule has 1 aromatic carbocycles. The summed E-state index contributed by atoms with van der Waals surface area (Å²) in [4.78, 5) is 4.11. The van der Waals surface area contributed by atoms with Crippen LogP contribution in [0, 0.1) is 0 Å². The molecule has 0 bridgehead atoms. The number of rotatable bonds is 1. The number of hydrogen-bond donors (Lipinski definition) is 0. The van der Waals surface area contributed by atoms with Gasteiger partial charge < -0.3 is 0 Å². The van der Waals surface area contributed by atoms with Crippen molar-refractivity contribution >= 4 is 63.7 Å². The van der Waals surface area contributed by atoms with Crippen LogP contribution in [-0.4, -0.2) is 14.8 Å². The van der Waals surface area contributed by atoms with Gasteiger partial charge in [-0.15, -0.1) is 5.10 Å². The van der Waals surface area contributed by atoms with Crippen molar-refractivity contribution in [2.24, 2.45) is 0 Å². The van der Waals surface area contributed by atoms with Gasteiger partial charge in [0, 0.05) is 8.95 Å². The van der Waals surface area contributed by atoms with Gasteiger partial charge in [-0.3, -0.25) is 0 Å². The molecule has 0 amide bonds. The van der Waals surface area contributed by atoms with Crippen molar-refractivity contribution in [3.8, 4) is 5.69 Å². The Labute approximate surface area is 120 Å². The second-order valence-corrected chi connectivity index (χ2v) is 5.85. The molecule has 0 spiro atoms. The summed E-state index contributed by atoms with van der Waals surface area (Å²) in [5.74, 6) is 0. The maximum absolute atomic E-state index is 4.21. The predicted octanol–water partition coefficient (Wildman–Crippen LogP) is 4.32. The van der Waals surface area contributed by atoms with Crippen LogP contribution in [0.4, 0.5) is 0 Å². The minimum Gasteiger partial charge on any atom is -0.205 e. The van der Waals surface area contributed by atoms with E-state index in [1.165, 1.54) is 0 Å². The van der Waals surface area contributed by atoms with Gasteiger partial charge in [-0.2, -0.15) is 4.98 Å². The van der Waals surface area contributed by atoms with Crippen molar-refractivity contribution in [3.63, 3.8) is 0 Å². The summed E-state index contributed by atoms with van der Waals surface area (Å²) in [7, 11) is 0. The van der Waals surface area contributed by atoms with Crippen molar-refractivity contribution in [3.05, 3.63) is 36.6 Å². The smallest absolute Gasteiger partial charge is 0.205 e. The van der Waals surface area contributed by atoms with Gasteiger partial charge >= 0.3 is 0 Å². The van der Waals surface area contributed by atoms with Gasteiger partial charge in [-0.05, 0) is 66.0 Å². The van der Waals surface area contributed by atoms with Crippen molar-refractivity contribution in [1.29, 1.82) is 0 Å². The zero-order chi connectivity index (χ0) is 11.0. The second-order valence-electron chi connectivity index (χ2n) is 2.66. The Morgan fingerprint density at radius 1 is 1.07 bits per heavy atom. The van der Waals surface area contributed by atoms with Crippen molar-refractivity contribution in [2.75, 3.05) is 0 Å². The SMILES string of the molecule is Brc1ccc(Br)c(-n2nc(Br)nc2Br)c1. The first kappa shape index (κ1) is 11.8. The first-order chi connectivity index (χ1) is 7.08. The number of hydrogen-bond acceptors (Lipinski definition) is 2. The summed E-state index contributed by atoms with van der Waals surface area (Å²) in [6.07, 6.45) is 0. The highest BCUT2D eigenvalue weighted by Gasteiger charge is 2.10. The Balaban J connectivity index is 2.62. The molecule has 0 saturated heterocycles. The fourth-order valence-corrected chi connectivity index (χ4v) is 2.84. The van der Waals surface area contributed by atoms with E-state index in [4.69, 9.17) is 0 Å². The van der Waals surface area contributed by atoms with Crippen LogP contribution >= 0.6 is 63.7 Å². The van der Waals surface area contributed by atoms with Gasteiger partial charge in [-0.1, -0.05) is 15.9 Å². The molecule has 0 saturated carbocycles. The van der Waals surface area contributed by atoms with Gasteiger partial charge in [0.2, 0.25) is 9.47 Å². The lowest BCUT2D eigenvalue weighted by molar-refractivity contribution is 0.845. The summed E-state index contributed by atoms with van der Waals surface area (Å²) in [5, 5.41) is 4.21. The van der Waals surface area contributed by atoms with Gasteiger partial charge in [0.1, 0.15) is 0 Å². The quantitative estimate of drug-likeness (QED) is 0.635. The third-order valence-electron chi connectivity index (χ3n) is 1.68. The summed E-state index contributed by atoms with van der Waals surface area (Å²) >= 11 is 13.4. The highest BCUT2D eigenvalue weighted by molar-refractivity contribution is 9.11. The molecule has 0 fully saturated rings. The molecular formula is C8H3Br4N3. The number of nitrogens with zero attached hydrogens (tertiary/aromatic N) is 3. The van der Waals surface area contributed by atoms with E-state index in [0.29, 0.717) is 9.47 Å². The Bertz CT molecular complexity index is 509. The Hall–Kier alpha value is 0.280. The van der Waals surface area contributed by atoms with Gasteiger partial charge in [0.25, 0.3) is 0 Å². The zero-order valence-electron chi connectivity index (χ0n) is 7.09. The third-order valence-corrected chi connectivity index (χ3v) is 3.69. The summed E-state index contributed by atoms with van der Waals surface area (Å²) in [6, 6.07) is 5.85. The summed E-state index contributed by atoms with van der Waals surface area (Å²) < 4.78 is 4.82. The number of aromatic nitrogens is 3. The molecule has 2 rings (SSSR count).